The number of carbonyl (C=O) groups is 3. The van der Waals surface area contributed by atoms with Gasteiger partial charge < -0.3 is 14.9 Å². The average molecular weight is 297 g/mol. The third-order valence-corrected chi connectivity index (χ3v) is 2.67. The lowest BCUT2D eigenvalue weighted by Crippen LogP contribution is -2.29. The Bertz CT molecular complexity index is 540. The number of ether oxygens (including phenoxy) is 1. The van der Waals surface area contributed by atoms with E-state index in [-0.39, 0.29) is 18.5 Å². The van der Waals surface area contributed by atoms with Crippen LogP contribution in [-0.2, 0) is 14.3 Å². The second kappa shape index (κ2) is 6.43. The number of hydrogen-bond donors (Lipinski definition) is 2. The molecule has 1 aromatic rings. The molecule has 116 valence electrons. The Morgan fingerprint density at radius 2 is 1.90 bits per heavy atom. The molecule has 7 heteroatoms. The molecule has 1 atom stereocenters. The third kappa shape index (κ3) is 4.94. The Balaban J connectivity index is 3.01. The molecule has 0 saturated heterocycles. The van der Waals surface area contributed by atoms with Crippen LogP contribution in [0.3, 0.4) is 0 Å². The third-order valence-electron chi connectivity index (χ3n) is 2.67. The van der Waals surface area contributed by atoms with Crippen LogP contribution in [0.15, 0.2) is 18.3 Å². The highest BCUT2D eigenvalue weighted by Gasteiger charge is 2.27. The summed E-state index contributed by atoms with van der Waals surface area (Å²) in [6, 6.07) is 3.00. The van der Waals surface area contributed by atoms with Gasteiger partial charge in [-0.15, -0.1) is 0 Å². The van der Waals surface area contributed by atoms with Crippen molar-refractivity contribution in [3.63, 3.8) is 0 Å². The smallest absolute Gasteiger partial charge is 0.418 e. The van der Waals surface area contributed by atoms with Gasteiger partial charge >= 0.3 is 18.0 Å². The van der Waals surface area contributed by atoms with Crippen molar-refractivity contribution in [2.75, 3.05) is 0 Å². The van der Waals surface area contributed by atoms with Gasteiger partial charge in [0.25, 0.3) is 0 Å². The number of carboxylic acids is 2. The zero-order chi connectivity index (χ0) is 16.2. The predicted octanol–water partition coefficient (Wildman–Crippen LogP) is 2.30. The van der Waals surface area contributed by atoms with Crippen molar-refractivity contribution in [3.05, 3.63) is 24.0 Å². The summed E-state index contributed by atoms with van der Waals surface area (Å²) in [5, 5.41) is 17.9. The van der Waals surface area contributed by atoms with Crippen molar-refractivity contribution in [3.8, 4) is 0 Å². The molecule has 0 radical (unpaired) electrons. The number of rotatable bonds is 5. The fourth-order valence-corrected chi connectivity index (χ4v) is 1.82. The molecule has 0 fully saturated rings. The van der Waals surface area contributed by atoms with Gasteiger partial charge in [-0.25, -0.2) is 4.79 Å². The minimum absolute atomic E-state index is 0.0997. The largest absolute Gasteiger partial charge is 0.481 e. The molecule has 1 heterocycles. The Hall–Kier alpha value is -2.31. The summed E-state index contributed by atoms with van der Waals surface area (Å²) in [5.74, 6) is -3.35. The van der Waals surface area contributed by atoms with Crippen LogP contribution in [0.5, 0.6) is 0 Å². The van der Waals surface area contributed by atoms with E-state index in [2.05, 4.69) is 0 Å². The van der Waals surface area contributed by atoms with Crippen LogP contribution in [0.4, 0.5) is 4.79 Å². The van der Waals surface area contributed by atoms with Crippen LogP contribution < -0.4 is 0 Å². The maximum Gasteiger partial charge on any atom is 0.418 e. The fraction of sp³-hybridized carbons (Fsp3) is 0.500. The Morgan fingerprint density at radius 1 is 1.29 bits per heavy atom. The molecule has 0 bridgehead atoms. The molecule has 1 rings (SSSR count). The summed E-state index contributed by atoms with van der Waals surface area (Å²) in [4.78, 5) is 34.0. The summed E-state index contributed by atoms with van der Waals surface area (Å²) in [6.07, 6.45) is 0.317. The molecule has 0 aliphatic heterocycles. The first-order chi connectivity index (χ1) is 9.61. The predicted molar refractivity (Wildman–Crippen MR) is 73.3 cm³/mol. The molecule has 0 aromatic carbocycles. The van der Waals surface area contributed by atoms with E-state index in [4.69, 9.17) is 9.84 Å². The molecule has 0 saturated carbocycles. The van der Waals surface area contributed by atoms with E-state index in [1.165, 1.54) is 18.3 Å². The highest BCUT2D eigenvalue weighted by molar-refractivity contribution is 5.80. The lowest BCUT2D eigenvalue weighted by Gasteiger charge is -2.21. The van der Waals surface area contributed by atoms with Gasteiger partial charge in [-0.05, 0) is 39.3 Å². The molecule has 0 aliphatic carbocycles. The Labute approximate surface area is 122 Å². The van der Waals surface area contributed by atoms with Gasteiger partial charge in [0.15, 0.2) is 0 Å². The molecule has 2 N–H and O–H groups in total. The monoisotopic (exact) mass is 297 g/mol. The Morgan fingerprint density at radius 3 is 2.38 bits per heavy atom. The number of nitrogens with zero attached hydrogens (tertiary/aromatic N) is 1. The summed E-state index contributed by atoms with van der Waals surface area (Å²) in [7, 11) is 0. The number of aliphatic carboxylic acids is 2. The quantitative estimate of drug-likeness (QED) is 0.863. The minimum Gasteiger partial charge on any atom is -0.481 e. The van der Waals surface area contributed by atoms with Gasteiger partial charge in [0, 0.05) is 18.3 Å². The van der Waals surface area contributed by atoms with Crippen molar-refractivity contribution in [1.29, 1.82) is 0 Å². The van der Waals surface area contributed by atoms with Gasteiger partial charge in [0.1, 0.15) is 5.60 Å². The minimum atomic E-state index is -1.18. The molecule has 1 unspecified atom stereocenters. The van der Waals surface area contributed by atoms with Gasteiger partial charge in [-0.1, -0.05) is 0 Å². The molecule has 21 heavy (non-hydrogen) atoms. The summed E-state index contributed by atoms with van der Waals surface area (Å²) >= 11 is 0. The Kier molecular flexibility index (Phi) is 5.12. The highest BCUT2D eigenvalue weighted by atomic mass is 16.6. The molecule has 0 amide bonds. The molecule has 1 aromatic heterocycles. The highest BCUT2D eigenvalue weighted by Crippen LogP contribution is 2.23. The first kappa shape index (κ1) is 16.7. The second-order valence-corrected chi connectivity index (χ2v) is 5.61. The normalized spacial score (nSPS) is 12.7. The molecular weight excluding hydrogens is 278 g/mol. The number of hydrogen-bond acceptors (Lipinski definition) is 4. The van der Waals surface area contributed by atoms with E-state index in [1.807, 2.05) is 0 Å². The van der Waals surface area contributed by atoms with E-state index in [1.54, 1.807) is 20.8 Å². The zero-order valence-electron chi connectivity index (χ0n) is 12.2. The summed E-state index contributed by atoms with van der Waals surface area (Å²) < 4.78 is 6.30. The topological polar surface area (TPSA) is 106 Å². The standard InChI is InChI=1S/C14H19NO6/c1-14(2,3)21-13(20)15-8-4-5-10(15)9(12(18)19)6-7-11(16)17/h4-5,8-9H,6-7H2,1-3H3,(H,16,17)(H,18,19). The first-order valence-electron chi connectivity index (χ1n) is 6.47. The van der Waals surface area contributed by atoms with Gasteiger partial charge in [0.2, 0.25) is 0 Å². The van der Waals surface area contributed by atoms with Crippen LogP contribution in [0.2, 0.25) is 0 Å². The van der Waals surface area contributed by atoms with Crippen LogP contribution >= 0.6 is 0 Å². The lowest BCUT2D eigenvalue weighted by atomic mass is 9.99. The van der Waals surface area contributed by atoms with E-state index in [0.717, 1.165) is 4.57 Å². The van der Waals surface area contributed by atoms with Gasteiger partial charge in [-0.2, -0.15) is 0 Å². The molecule has 7 nitrogen and oxygen atoms in total. The number of carboxylic acid groups (broad SMARTS) is 2. The molecular formula is C14H19NO6. The zero-order valence-corrected chi connectivity index (χ0v) is 12.2. The van der Waals surface area contributed by atoms with Crippen molar-refractivity contribution in [1.82, 2.24) is 4.57 Å². The fourth-order valence-electron chi connectivity index (χ4n) is 1.82. The van der Waals surface area contributed by atoms with E-state index < -0.39 is 29.6 Å². The van der Waals surface area contributed by atoms with E-state index in [0.29, 0.717) is 0 Å². The van der Waals surface area contributed by atoms with Crippen molar-refractivity contribution in [2.45, 2.75) is 45.1 Å². The van der Waals surface area contributed by atoms with Crippen LogP contribution in [0.25, 0.3) is 0 Å². The molecule has 0 aliphatic rings. The average Bonchev–Trinajstić information content (AvgIpc) is 2.75. The molecule has 0 spiro atoms. The van der Waals surface area contributed by atoms with Gasteiger partial charge in [-0.3, -0.25) is 14.2 Å². The van der Waals surface area contributed by atoms with Crippen LogP contribution in [0.1, 0.15) is 45.2 Å². The second-order valence-electron chi connectivity index (χ2n) is 5.61. The van der Waals surface area contributed by atoms with Crippen molar-refractivity contribution >= 4 is 18.0 Å². The number of carbonyl (C=O) groups excluding carboxylic acids is 1. The SMILES string of the molecule is CC(C)(C)OC(=O)n1cccc1C(CCC(=O)O)C(=O)O. The van der Waals surface area contributed by atoms with Gasteiger partial charge in [0.05, 0.1) is 5.92 Å². The van der Waals surface area contributed by atoms with Crippen LogP contribution in [-0.4, -0.2) is 38.4 Å². The van der Waals surface area contributed by atoms with E-state index >= 15 is 0 Å². The summed E-state index contributed by atoms with van der Waals surface area (Å²) in [5.41, 5.74) is -0.503. The van der Waals surface area contributed by atoms with E-state index in [9.17, 15) is 19.5 Å². The lowest BCUT2D eigenvalue weighted by molar-refractivity contribution is -0.140. The number of aromatic nitrogens is 1. The maximum absolute atomic E-state index is 12.0. The van der Waals surface area contributed by atoms with Crippen molar-refractivity contribution in [2.24, 2.45) is 0 Å². The van der Waals surface area contributed by atoms with Crippen molar-refractivity contribution < 1.29 is 29.3 Å². The summed E-state index contributed by atoms with van der Waals surface area (Å²) in [6.45, 7) is 5.10. The first-order valence-corrected chi connectivity index (χ1v) is 6.47. The maximum atomic E-state index is 12.0. The van der Waals surface area contributed by atoms with Crippen LogP contribution in [0, 0.1) is 0 Å².